The fraction of sp³-hybridized carbons (Fsp3) is 0. The molecule has 146 valence electrons. The van der Waals surface area contributed by atoms with Crippen LogP contribution in [0.5, 0.6) is 0 Å². The Hall–Kier alpha value is -4.24. The fourth-order valence-electron chi connectivity index (χ4n) is 4.86. The third kappa shape index (κ3) is 2.53. The Morgan fingerprint density at radius 3 is 1.52 bits per heavy atom. The molecule has 5 aromatic carbocycles. The summed E-state index contributed by atoms with van der Waals surface area (Å²) < 4.78 is 0. The van der Waals surface area contributed by atoms with Crippen LogP contribution in [0, 0.1) is 10.1 Å². The van der Waals surface area contributed by atoms with Gasteiger partial charge in [0.25, 0.3) is 5.69 Å². The van der Waals surface area contributed by atoms with E-state index in [0.29, 0.717) is 5.56 Å². The van der Waals surface area contributed by atoms with E-state index in [1.54, 1.807) is 12.1 Å². The summed E-state index contributed by atoms with van der Waals surface area (Å²) in [5, 5.41) is 13.9. The monoisotopic (exact) mass is 399 g/mol. The Bertz CT molecular complexity index is 1470. The smallest absolute Gasteiger partial charge is 0.258 e. The van der Waals surface area contributed by atoms with Gasteiger partial charge in [0.15, 0.2) is 0 Å². The van der Waals surface area contributed by atoms with E-state index in [1.807, 2.05) is 24.3 Å². The molecule has 0 amide bonds. The molecular formula is C28H17NO2. The number of nitro groups is 1. The highest BCUT2D eigenvalue weighted by molar-refractivity contribution is 6.17. The van der Waals surface area contributed by atoms with Gasteiger partial charge < -0.3 is 0 Å². The van der Waals surface area contributed by atoms with Crippen LogP contribution in [0.3, 0.4) is 0 Å². The summed E-state index contributed by atoms with van der Waals surface area (Å²) in [5.41, 5.74) is 8.71. The number of para-hydroxylation sites is 1. The minimum Gasteiger partial charge on any atom is -0.258 e. The first kappa shape index (κ1) is 17.6. The molecule has 0 heterocycles. The van der Waals surface area contributed by atoms with Gasteiger partial charge in [0.05, 0.1) is 10.5 Å². The van der Waals surface area contributed by atoms with Crippen LogP contribution in [0.4, 0.5) is 5.69 Å². The summed E-state index contributed by atoms with van der Waals surface area (Å²) in [6, 6.07) is 34.3. The molecule has 0 radical (unpaired) electrons. The van der Waals surface area contributed by atoms with Crippen LogP contribution >= 0.6 is 0 Å². The molecule has 3 heteroatoms. The largest absolute Gasteiger partial charge is 0.277 e. The summed E-state index contributed by atoms with van der Waals surface area (Å²) >= 11 is 0. The van der Waals surface area contributed by atoms with Crippen LogP contribution in [-0.4, -0.2) is 4.92 Å². The Kier molecular flexibility index (Phi) is 3.77. The maximum absolute atomic E-state index is 11.7. The van der Waals surface area contributed by atoms with Crippen LogP contribution in [0.2, 0.25) is 0 Å². The zero-order valence-corrected chi connectivity index (χ0v) is 16.6. The van der Waals surface area contributed by atoms with Gasteiger partial charge in [-0.25, -0.2) is 0 Å². The van der Waals surface area contributed by atoms with E-state index in [1.165, 1.54) is 22.3 Å². The zero-order valence-electron chi connectivity index (χ0n) is 16.6. The van der Waals surface area contributed by atoms with Gasteiger partial charge in [-0.15, -0.1) is 0 Å². The molecule has 0 fully saturated rings. The van der Waals surface area contributed by atoms with Crippen molar-refractivity contribution in [2.75, 3.05) is 0 Å². The minimum absolute atomic E-state index is 0.123. The zero-order chi connectivity index (χ0) is 20.9. The Balaban J connectivity index is 1.79. The highest BCUT2D eigenvalue weighted by atomic mass is 16.6. The molecule has 6 rings (SSSR count). The highest BCUT2D eigenvalue weighted by Crippen LogP contribution is 2.49. The second kappa shape index (κ2) is 6.64. The van der Waals surface area contributed by atoms with Gasteiger partial charge in [-0.1, -0.05) is 91.0 Å². The standard InChI is InChI=1S/C28H17NO2/c30-29(31)27-15-6-5-12-23(27)22-16-17-26-21-11-4-2-9-19(21)18-8-1-3-10-20(18)24-13-7-14-25(22)28(24)26/h1-17H. The van der Waals surface area contributed by atoms with E-state index in [-0.39, 0.29) is 10.6 Å². The molecular weight excluding hydrogens is 382 g/mol. The number of hydrogen-bond donors (Lipinski definition) is 0. The maximum atomic E-state index is 11.7. The molecule has 0 saturated heterocycles. The van der Waals surface area contributed by atoms with Crippen molar-refractivity contribution in [1.82, 2.24) is 0 Å². The number of hydrogen-bond acceptors (Lipinski definition) is 2. The molecule has 0 saturated carbocycles. The average molecular weight is 399 g/mol. The lowest BCUT2D eigenvalue weighted by Gasteiger charge is -2.14. The van der Waals surface area contributed by atoms with E-state index in [0.717, 1.165) is 27.5 Å². The molecule has 0 N–H and O–H groups in total. The van der Waals surface area contributed by atoms with Gasteiger partial charge in [-0.2, -0.15) is 0 Å². The summed E-state index contributed by atoms with van der Waals surface area (Å²) in [5.74, 6) is 0. The average Bonchev–Trinajstić information content (AvgIpc) is 2.94. The summed E-state index contributed by atoms with van der Waals surface area (Å²) in [6.07, 6.45) is 0. The van der Waals surface area contributed by atoms with Gasteiger partial charge in [0, 0.05) is 6.07 Å². The van der Waals surface area contributed by atoms with Gasteiger partial charge in [-0.3, -0.25) is 10.1 Å². The Morgan fingerprint density at radius 1 is 0.452 bits per heavy atom. The lowest BCUT2D eigenvalue weighted by Crippen LogP contribution is -1.93. The number of nitro benzene ring substituents is 1. The molecule has 3 nitrogen and oxygen atoms in total. The molecule has 0 unspecified atom stereocenters. The number of rotatable bonds is 2. The van der Waals surface area contributed by atoms with Crippen molar-refractivity contribution in [3.05, 3.63) is 113 Å². The van der Waals surface area contributed by atoms with E-state index >= 15 is 0 Å². The number of fused-ring (bicyclic) bond motifs is 5. The van der Waals surface area contributed by atoms with E-state index in [4.69, 9.17) is 0 Å². The lowest BCUT2D eigenvalue weighted by atomic mass is 9.89. The molecule has 0 bridgehead atoms. The van der Waals surface area contributed by atoms with Crippen LogP contribution in [0.25, 0.3) is 55.3 Å². The molecule has 0 aromatic heterocycles. The molecule has 0 atom stereocenters. The number of benzene rings is 5. The normalized spacial score (nSPS) is 11.5. The van der Waals surface area contributed by atoms with Crippen molar-refractivity contribution < 1.29 is 4.92 Å². The summed E-state index contributed by atoms with van der Waals surface area (Å²) in [6.45, 7) is 0. The molecule has 1 aliphatic carbocycles. The molecule has 0 spiro atoms. The topological polar surface area (TPSA) is 43.1 Å². The first-order valence-electron chi connectivity index (χ1n) is 10.2. The van der Waals surface area contributed by atoms with E-state index in [9.17, 15) is 10.1 Å². The van der Waals surface area contributed by atoms with Crippen molar-refractivity contribution >= 4 is 16.5 Å². The van der Waals surface area contributed by atoms with Crippen LogP contribution in [-0.2, 0) is 0 Å². The van der Waals surface area contributed by atoms with E-state index in [2.05, 4.69) is 66.7 Å². The molecule has 1 aliphatic rings. The second-order valence-corrected chi connectivity index (χ2v) is 7.75. The lowest BCUT2D eigenvalue weighted by molar-refractivity contribution is -0.384. The predicted octanol–water partition coefficient (Wildman–Crippen LogP) is 7.73. The SMILES string of the molecule is O=[N+]([O-])c1ccccc1-c1ccc2c3c(cccc13)-c1ccccc1-c1ccccc1-2. The molecule has 0 aliphatic heterocycles. The third-order valence-electron chi connectivity index (χ3n) is 6.16. The van der Waals surface area contributed by atoms with Crippen molar-refractivity contribution in [2.45, 2.75) is 0 Å². The van der Waals surface area contributed by atoms with Gasteiger partial charge >= 0.3 is 0 Å². The van der Waals surface area contributed by atoms with Gasteiger partial charge in [0.2, 0.25) is 0 Å². The second-order valence-electron chi connectivity index (χ2n) is 7.75. The molecule has 31 heavy (non-hydrogen) atoms. The summed E-state index contributed by atoms with van der Waals surface area (Å²) in [4.78, 5) is 11.4. The maximum Gasteiger partial charge on any atom is 0.277 e. The molecule has 5 aromatic rings. The third-order valence-corrected chi connectivity index (χ3v) is 6.16. The van der Waals surface area contributed by atoms with Crippen LogP contribution in [0.15, 0.2) is 103 Å². The van der Waals surface area contributed by atoms with Crippen LogP contribution in [0.1, 0.15) is 0 Å². The Morgan fingerprint density at radius 2 is 0.903 bits per heavy atom. The first-order valence-corrected chi connectivity index (χ1v) is 10.2. The van der Waals surface area contributed by atoms with E-state index < -0.39 is 0 Å². The number of nitrogens with zero attached hydrogens (tertiary/aromatic N) is 1. The minimum atomic E-state index is -0.304. The van der Waals surface area contributed by atoms with Crippen molar-refractivity contribution in [2.24, 2.45) is 0 Å². The van der Waals surface area contributed by atoms with Gasteiger partial charge in [0.1, 0.15) is 0 Å². The summed E-state index contributed by atoms with van der Waals surface area (Å²) in [7, 11) is 0. The van der Waals surface area contributed by atoms with Crippen molar-refractivity contribution in [3.8, 4) is 44.5 Å². The van der Waals surface area contributed by atoms with Crippen molar-refractivity contribution in [3.63, 3.8) is 0 Å². The van der Waals surface area contributed by atoms with Crippen molar-refractivity contribution in [1.29, 1.82) is 0 Å². The van der Waals surface area contributed by atoms with Crippen LogP contribution < -0.4 is 0 Å². The van der Waals surface area contributed by atoms with Gasteiger partial charge in [-0.05, 0) is 55.8 Å². The highest BCUT2D eigenvalue weighted by Gasteiger charge is 2.23. The first-order chi connectivity index (χ1) is 15.2. The quantitative estimate of drug-likeness (QED) is 0.221. The predicted molar refractivity (Wildman–Crippen MR) is 126 cm³/mol. The Labute approximate surface area is 179 Å². The fourth-order valence-corrected chi connectivity index (χ4v) is 4.86.